The predicted octanol–water partition coefficient (Wildman–Crippen LogP) is 4.73. The number of hydrogen-bond donors (Lipinski definition) is 3. The van der Waals surface area contributed by atoms with E-state index >= 15 is 0 Å². The Morgan fingerprint density at radius 1 is 0.923 bits per heavy atom. The number of ether oxygens (including phenoxy) is 2. The van der Waals surface area contributed by atoms with Crippen molar-refractivity contribution in [1.82, 2.24) is 35.1 Å². The summed E-state index contributed by atoms with van der Waals surface area (Å²) in [6.45, 7) is 5.03. The number of aromatic nitrogens is 4. The summed E-state index contributed by atoms with van der Waals surface area (Å²) in [6.07, 6.45) is -3.68. The van der Waals surface area contributed by atoms with Crippen molar-refractivity contribution in [2.24, 2.45) is 0 Å². The molecule has 2 saturated heterocycles. The molecule has 2 bridgehead atoms. The van der Waals surface area contributed by atoms with Gasteiger partial charge >= 0.3 is 18.3 Å². The highest BCUT2D eigenvalue weighted by molar-refractivity contribution is 6.00. The average Bonchev–Trinajstić information content (AvgIpc) is 3.44. The van der Waals surface area contributed by atoms with Crippen molar-refractivity contribution < 1.29 is 37.0 Å². The second-order valence-corrected chi connectivity index (χ2v) is 13.7. The first-order valence-electron chi connectivity index (χ1n) is 16.4. The van der Waals surface area contributed by atoms with Crippen LogP contribution in [0.5, 0.6) is 0 Å². The lowest BCUT2D eigenvalue weighted by atomic mass is 10.0. The highest BCUT2D eigenvalue weighted by Gasteiger charge is 2.43. The molecule has 18 heteroatoms. The number of urea groups is 1. The second kappa shape index (κ2) is 14.3. The number of hydrazine groups is 1. The van der Waals surface area contributed by atoms with Crippen molar-refractivity contribution in [2.45, 2.75) is 51.2 Å². The summed E-state index contributed by atoms with van der Waals surface area (Å²) >= 11 is 0. The number of morpholine rings is 1. The summed E-state index contributed by atoms with van der Waals surface area (Å²) in [5.74, 6) is 0.232. The fourth-order valence-corrected chi connectivity index (χ4v) is 6.01. The first-order chi connectivity index (χ1) is 24.5. The molecule has 2 unspecified atom stereocenters. The van der Waals surface area contributed by atoms with Crippen LogP contribution in [-0.4, -0.2) is 112 Å². The number of benzene rings is 2. The van der Waals surface area contributed by atoms with Gasteiger partial charge in [-0.05, 0) is 69.3 Å². The Bertz CT molecular complexity index is 1930. The molecule has 4 heterocycles. The van der Waals surface area contributed by atoms with Crippen LogP contribution in [0, 0.1) is 0 Å². The maximum atomic E-state index is 13.6. The Labute approximate surface area is 297 Å². The van der Waals surface area contributed by atoms with Gasteiger partial charge in [-0.25, -0.2) is 29.2 Å². The fourth-order valence-electron chi connectivity index (χ4n) is 6.01. The van der Waals surface area contributed by atoms with Crippen molar-refractivity contribution in [3.05, 3.63) is 60.3 Å². The minimum Gasteiger partial charge on any atom is -0.444 e. The first-order valence-corrected chi connectivity index (χ1v) is 16.4. The van der Waals surface area contributed by atoms with E-state index in [-0.39, 0.29) is 55.8 Å². The van der Waals surface area contributed by atoms with Gasteiger partial charge in [0, 0.05) is 49.7 Å². The number of nitrogens with zero attached hydrogens (tertiary/aromatic N) is 7. The number of piperazine rings is 1. The molecule has 4 amide bonds. The average molecular weight is 725 g/mol. The quantitative estimate of drug-likeness (QED) is 0.228. The van der Waals surface area contributed by atoms with Crippen molar-refractivity contribution >= 4 is 46.3 Å². The Hall–Kier alpha value is -5.49. The van der Waals surface area contributed by atoms with Gasteiger partial charge in [-0.2, -0.15) is 18.3 Å². The molecule has 2 aromatic heterocycles. The van der Waals surface area contributed by atoms with Gasteiger partial charge in [0.25, 0.3) is 5.91 Å². The second-order valence-electron chi connectivity index (χ2n) is 13.7. The number of anilines is 3. The summed E-state index contributed by atoms with van der Waals surface area (Å²) in [7, 11) is 3.39. The van der Waals surface area contributed by atoms with Gasteiger partial charge in [0.1, 0.15) is 18.0 Å². The molecule has 52 heavy (non-hydrogen) atoms. The van der Waals surface area contributed by atoms with Gasteiger partial charge in [0.2, 0.25) is 0 Å². The molecule has 15 nitrogen and oxygen atoms in total. The highest BCUT2D eigenvalue weighted by Crippen LogP contribution is 2.35. The lowest BCUT2D eigenvalue weighted by Crippen LogP contribution is -2.66. The number of rotatable bonds is 7. The molecule has 2 fully saturated rings. The molecule has 6 rings (SSSR count). The van der Waals surface area contributed by atoms with E-state index in [4.69, 9.17) is 14.5 Å². The number of nitrogens with one attached hydrogen (secondary N) is 3. The van der Waals surface area contributed by atoms with Crippen LogP contribution >= 0.6 is 0 Å². The van der Waals surface area contributed by atoms with Crippen LogP contribution in [0.1, 0.15) is 31.1 Å². The Morgan fingerprint density at radius 3 is 2.08 bits per heavy atom. The predicted molar refractivity (Wildman–Crippen MR) is 186 cm³/mol. The van der Waals surface area contributed by atoms with Crippen LogP contribution in [0.4, 0.5) is 40.0 Å². The zero-order valence-corrected chi connectivity index (χ0v) is 29.2. The molecule has 3 N–H and O–H groups in total. The maximum Gasteiger partial charge on any atom is 0.410 e. The number of amides is 4. The molecule has 2 atom stereocenters. The van der Waals surface area contributed by atoms with E-state index in [9.17, 15) is 27.6 Å². The number of carbonyl (C=O) groups is 3. The third-order valence-electron chi connectivity index (χ3n) is 8.10. The van der Waals surface area contributed by atoms with E-state index in [1.807, 2.05) is 4.90 Å². The lowest BCUT2D eigenvalue weighted by molar-refractivity contribution is -0.141. The van der Waals surface area contributed by atoms with Crippen LogP contribution < -0.4 is 21.0 Å². The summed E-state index contributed by atoms with van der Waals surface area (Å²) < 4.78 is 53.0. The Morgan fingerprint density at radius 2 is 1.52 bits per heavy atom. The molecule has 0 saturated carbocycles. The zero-order chi connectivity index (χ0) is 37.4. The maximum absolute atomic E-state index is 13.6. The third-order valence-corrected chi connectivity index (χ3v) is 8.10. The fraction of sp³-hybridized carbons (Fsp3) is 0.412. The van der Waals surface area contributed by atoms with E-state index in [2.05, 4.69) is 26.1 Å². The molecule has 276 valence electrons. The van der Waals surface area contributed by atoms with E-state index in [1.165, 1.54) is 11.2 Å². The van der Waals surface area contributed by atoms with Crippen LogP contribution in [0.25, 0.3) is 22.4 Å². The Balaban J connectivity index is 1.24. The van der Waals surface area contributed by atoms with Crippen LogP contribution in [0.2, 0.25) is 0 Å². The zero-order valence-electron chi connectivity index (χ0n) is 29.2. The topological polar surface area (TPSA) is 159 Å². The molecule has 4 aromatic rings. The van der Waals surface area contributed by atoms with Gasteiger partial charge in [-0.1, -0.05) is 0 Å². The molecule has 0 aliphatic carbocycles. The first kappa shape index (κ1) is 36.3. The number of fused-ring (bicyclic) bond motifs is 3. The Kier molecular flexibility index (Phi) is 9.96. The van der Waals surface area contributed by atoms with Crippen molar-refractivity contribution in [3.63, 3.8) is 0 Å². The van der Waals surface area contributed by atoms with E-state index < -0.39 is 30.4 Å². The number of halogens is 3. The van der Waals surface area contributed by atoms with Crippen molar-refractivity contribution in [3.8, 4) is 11.4 Å². The van der Waals surface area contributed by atoms with Gasteiger partial charge in [-0.15, -0.1) is 0 Å². The smallest absolute Gasteiger partial charge is 0.410 e. The number of carbonyl (C=O) groups excluding carboxylic acids is 3. The van der Waals surface area contributed by atoms with E-state index in [0.717, 1.165) is 4.68 Å². The minimum atomic E-state index is -4.55. The van der Waals surface area contributed by atoms with E-state index in [1.54, 1.807) is 88.3 Å². The van der Waals surface area contributed by atoms with Crippen molar-refractivity contribution in [1.29, 1.82) is 0 Å². The van der Waals surface area contributed by atoms with Crippen LogP contribution in [0.3, 0.4) is 0 Å². The highest BCUT2D eigenvalue weighted by atomic mass is 19.4. The summed E-state index contributed by atoms with van der Waals surface area (Å²) in [6, 6.07) is 11.6. The largest absolute Gasteiger partial charge is 0.444 e. The van der Waals surface area contributed by atoms with Crippen molar-refractivity contribution in [2.75, 3.05) is 55.9 Å². The van der Waals surface area contributed by atoms with Gasteiger partial charge in [-0.3, -0.25) is 10.2 Å². The van der Waals surface area contributed by atoms with E-state index in [0.29, 0.717) is 33.7 Å². The molecule has 0 radical (unpaired) electrons. The normalized spacial score (nSPS) is 17.6. The molecule has 2 aliphatic rings. The van der Waals surface area contributed by atoms with Gasteiger partial charge in [0.05, 0.1) is 36.9 Å². The standard InChI is InChI=1S/C34H39F3N10O5/c1-33(2,3)52-32(50)45-15-24-17-51-18-25(16-45)47(24)29-26-14-38-46(19-34(35,36)37)28(26)41-27(42-29)20-6-10-22(11-7-20)39-31(49)40-23-12-8-21(9-13-23)30(48)43-44(4)5/h6-14,24-25H,15-19H2,1-5H3,(H,43,48)(H2,39,40,49). The molecular weight excluding hydrogens is 685 g/mol. The molecule has 2 aliphatic heterocycles. The lowest BCUT2D eigenvalue weighted by Gasteiger charge is -2.50. The third kappa shape index (κ3) is 8.51. The summed E-state index contributed by atoms with van der Waals surface area (Å²) in [5, 5.41) is 11.3. The summed E-state index contributed by atoms with van der Waals surface area (Å²) in [4.78, 5) is 50.9. The molecule has 2 aromatic carbocycles. The summed E-state index contributed by atoms with van der Waals surface area (Å²) in [5.41, 5.74) is 3.74. The minimum absolute atomic E-state index is 0.00215. The molecular formula is C34H39F3N10O5. The number of alkyl halides is 3. The van der Waals surface area contributed by atoms with Crippen LogP contribution in [-0.2, 0) is 16.0 Å². The van der Waals surface area contributed by atoms with Gasteiger partial charge < -0.3 is 29.9 Å². The van der Waals surface area contributed by atoms with Gasteiger partial charge in [0.15, 0.2) is 11.5 Å². The monoisotopic (exact) mass is 724 g/mol. The SMILES string of the molecule is CN(C)NC(=O)c1ccc(NC(=O)Nc2ccc(-c3nc(N4C5COCC4CN(C(=O)OC(C)(C)C)C5)c4cnn(CC(F)(F)F)c4n3)cc2)cc1. The van der Waals surface area contributed by atoms with Crippen LogP contribution in [0.15, 0.2) is 54.7 Å². The number of hydrogen-bond acceptors (Lipinski definition) is 10. The molecule has 0 spiro atoms.